The molecule has 2 nitrogen and oxygen atoms in total. The van der Waals surface area contributed by atoms with Gasteiger partial charge in [-0.15, -0.1) is 0 Å². The fourth-order valence-corrected chi connectivity index (χ4v) is 2.10. The molecule has 0 atom stereocenters. The van der Waals surface area contributed by atoms with Crippen LogP contribution < -0.4 is 4.90 Å². The fraction of sp³-hybridized carbons (Fsp3) is 0.267. The van der Waals surface area contributed by atoms with Gasteiger partial charge in [-0.05, 0) is 16.8 Å². The van der Waals surface area contributed by atoms with E-state index >= 15 is 0 Å². The molecule has 0 aliphatic carbocycles. The maximum atomic E-state index is 12.1. The van der Waals surface area contributed by atoms with Crippen molar-refractivity contribution in [3.63, 3.8) is 0 Å². The van der Waals surface area contributed by atoms with E-state index in [1.54, 1.807) is 0 Å². The van der Waals surface area contributed by atoms with Crippen LogP contribution in [-0.4, -0.2) is 19.9 Å². The van der Waals surface area contributed by atoms with E-state index < -0.39 is 0 Å². The van der Waals surface area contributed by atoms with Gasteiger partial charge < -0.3 is 4.90 Å². The van der Waals surface area contributed by atoms with E-state index in [0.717, 1.165) is 22.0 Å². The average Bonchev–Trinajstić information content (AvgIpc) is 2.36. The van der Waals surface area contributed by atoms with Crippen molar-refractivity contribution in [2.24, 2.45) is 0 Å². The van der Waals surface area contributed by atoms with Crippen LogP contribution >= 0.6 is 0 Å². The first-order valence-electron chi connectivity index (χ1n) is 5.87. The van der Waals surface area contributed by atoms with Crippen molar-refractivity contribution in [1.82, 2.24) is 0 Å². The van der Waals surface area contributed by atoms with Crippen molar-refractivity contribution in [2.45, 2.75) is 13.3 Å². The summed E-state index contributed by atoms with van der Waals surface area (Å²) in [7, 11) is 3.94. The molecule has 2 heteroatoms. The number of hydrogen-bond donors (Lipinski definition) is 0. The van der Waals surface area contributed by atoms with E-state index in [-0.39, 0.29) is 5.78 Å². The smallest absolute Gasteiger partial charge is 0.165 e. The standard InChI is InChI=1S/C15H17NO/c1-4-14(17)15-12-8-6-5-7-11(12)9-10-13(15)16(2)3/h5-10H,4H2,1-3H3. The minimum Gasteiger partial charge on any atom is -0.377 e. The average molecular weight is 227 g/mol. The van der Waals surface area contributed by atoms with E-state index in [1.165, 1.54) is 0 Å². The van der Waals surface area contributed by atoms with Crippen LogP contribution in [-0.2, 0) is 0 Å². The molecule has 0 heterocycles. The summed E-state index contributed by atoms with van der Waals surface area (Å²) >= 11 is 0. The lowest BCUT2D eigenvalue weighted by molar-refractivity contribution is 0.0990. The zero-order valence-electron chi connectivity index (χ0n) is 10.5. The van der Waals surface area contributed by atoms with Crippen LogP contribution in [0, 0.1) is 0 Å². The molecule has 0 N–H and O–H groups in total. The van der Waals surface area contributed by atoms with Crippen LogP contribution in [0.3, 0.4) is 0 Å². The van der Waals surface area contributed by atoms with Gasteiger partial charge in [-0.1, -0.05) is 37.3 Å². The molecule has 0 saturated carbocycles. The van der Waals surface area contributed by atoms with Gasteiger partial charge in [0.2, 0.25) is 0 Å². The largest absolute Gasteiger partial charge is 0.377 e. The zero-order chi connectivity index (χ0) is 12.4. The highest BCUT2D eigenvalue weighted by Crippen LogP contribution is 2.28. The number of carbonyl (C=O) groups excluding carboxylic acids is 1. The summed E-state index contributed by atoms with van der Waals surface area (Å²) in [6, 6.07) is 12.1. The lowest BCUT2D eigenvalue weighted by atomic mass is 9.98. The second-order valence-electron chi connectivity index (χ2n) is 4.35. The number of fused-ring (bicyclic) bond motifs is 1. The Bertz CT molecular complexity index is 558. The Labute approximate surface area is 102 Å². The molecule has 2 rings (SSSR count). The van der Waals surface area contributed by atoms with Crippen LogP contribution in [0.5, 0.6) is 0 Å². The molecule has 0 amide bonds. The Hall–Kier alpha value is -1.83. The van der Waals surface area contributed by atoms with Gasteiger partial charge in [-0.3, -0.25) is 4.79 Å². The van der Waals surface area contributed by atoms with Gasteiger partial charge in [0.15, 0.2) is 5.78 Å². The van der Waals surface area contributed by atoms with Crippen molar-refractivity contribution < 1.29 is 4.79 Å². The molecular weight excluding hydrogens is 210 g/mol. The van der Waals surface area contributed by atoms with Gasteiger partial charge in [-0.25, -0.2) is 0 Å². The Morgan fingerprint density at radius 1 is 1.12 bits per heavy atom. The zero-order valence-corrected chi connectivity index (χ0v) is 10.5. The number of anilines is 1. The minimum atomic E-state index is 0.200. The molecule has 0 spiro atoms. The maximum absolute atomic E-state index is 12.1. The Balaban J connectivity index is 2.79. The molecule has 0 aromatic heterocycles. The predicted molar refractivity (Wildman–Crippen MR) is 72.9 cm³/mol. The molecule has 0 fully saturated rings. The number of carbonyl (C=O) groups is 1. The van der Waals surface area contributed by atoms with E-state index in [0.29, 0.717) is 6.42 Å². The topological polar surface area (TPSA) is 20.3 Å². The summed E-state index contributed by atoms with van der Waals surface area (Å²) in [4.78, 5) is 14.1. The molecule has 0 aliphatic rings. The van der Waals surface area contributed by atoms with Crippen molar-refractivity contribution in [3.8, 4) is 0 Å². The predicted octanol–water partition coefficient (Wildman–Crippen LogP) is 3.50. The third-order valence-electron chi connectivity index (χ3n) is 2.99. The first-order chi connectivity index (χ1) is 8.15. The molecule has 17 heavy (non-hydrogen) atoms. The van der Waals surface area contributed by atoms with Crippen molar-refractivity contribution in [3.05, 3.63) is 42.0 Å². The van der Waals surface area contributed by atoms with Gasteiger partial charge >= 0.3 is 0 Å². The van der Waals surface area contributed by atoms with Gasteiger partial charge in [0.1, 0.15) is 0 Å². The maximum Gasteiger partial charge on any atom is 0.165 e. The third-order valence-corrected chi connectivity index (χ3v) is 2.99. The number of hydrogen-bond acceptors (Lipinski definition) is 2. The quantitative estimate of drug-likeness (QED) is 0.748. The molecule has 0 unspecified atom stereocenters. The van der Waals surface area contributed by atoms with Crippen LogP contribution in [0.15, 0.2) is 36.4 Å². The van der Waals surface area contributed by atoms with Crippen LogP contribution in [0.4, 0.5) is 5.69 Å². The lowest BCUT2D eigenvalue weighted by Crippen LogP contribution is -2.14. The Morgan fingerprint density at radius 3 is 2.47 bits per heavy atom. The second kappa shape index (κ2) is 4.58. The van der Waals surface area contributed by atoms with Gasteiger partial charge in [0.25, 0.3) is 0 Å². The first kappa shape index (κ1) is 11.6. The summed E-state index contributed by atoms with van der Waals surface area (Å²) in [6.45, 7) is 1.91. The molecule has 0 bridgehead atoms. The molecule has 0 radical (unpaired) electrons. The summed E-state index contributed by atoms with van der Waals surface area (Å²) in [5.41, 5.74) is 1.84. The normalized spacial score (nSPS) is 10.5. The number of benzene rings is 2. The number of ketones is 1. The lowest BCUT2D eigenvalue weighted by Gasteiger charge is -2.18. The van der Waals surface area contributed by atoms with Gasteiger partial charge in [0.05, 0.1) is 0 Å². The molecule has 0 saturated heterocycles. The third kappa shape index (κ3) is 2.03. The molecule has 0 aliphatic heterocycles. The summed E-state index contributed by atoms with van der Waals surface area (Å²) in [6.07, 6.45) is 0.537. The summed E-state index contributed by atoms with van der Waals surface area (Å²) in [5.74, 6) is 0.200. The minimum absolute atomic E-state index is 0.200. The van der Waals surface area contributed by atoms with Gasteiger partial charge in [-0.2, -0.15) is 0 Å². The molecular formula is C15H17NO. The van der Waals surface area contributed by atoms with Crippen LogP contribution in [0.2, 0.25) is 0 Å². The van der Waals surface area contributed by atoms with Crippen molar-refractivity contribution in [1.29, 1.82) is 0 Å². The monoisotopic (exact) mass is 227 g/mol. The van der Waals surface area contributed by atoms with E-state index in [2.05, 4.69) is 6.07 Å². The van der Waals surface area contributed by atoms with Crippen molar-refractivity contribution in [2.75, 3.05) is 19.0 Å². The SMILES string of the molecule is CCC(=O)c1c(N(C)C)ccc2ccccc12. The van der Waals surface area contributed by atoms with Crippen LogP contribution in [0.1, 0.15) is 23.7 Å². The van der Waals surface area contributed by atoms with E-state index in [9.17, 15) is 4.79 Å². The number of rotatable bonds is 3. The summed E-state index contributed by atoms with van der Waals surface area (Å²) < 4.78 is 0. The molecule has 88 valence electrons. The Kier molecular flexibility index (Phi) is 3.14. The molecule has 2 aromatic carbocycles. The highest BCUT2D eigenvalue weighted by Gasteiger charge is 2.14. The van der Waals surface area contributed by atoms with Crippen LogP contribution in [0.25, 0.3) is 10.8 Å². The van der Waals surface area contributed by atoms with E-state index in [4.69, 9.17) is 0 Å². The first-order valence-corrected chi connectivity index (χ1v) is 5.87. The van der Waals surface area contributed by atoms with E-state index in [1.807, 2.05) is 56.3 Å². The molecule has 2 aromatic rings. The second-order valence-corrected chi connectivity index (χ2v) is 4.35. The van der Waals surface area contributed by atoms with Crippen molar-refractivity contribution >= 4 is 22.2 Å². The fourth-order valence-electron chi connectivity index (χ4n) is 2.10. The highest BCUT2D eigenvalue weighted by molar-refractivity contribution is 6.12. The number of nitrogens with zero attached hydrogens (tertiary/aromatic N) is 1. The highest BCUT2D eigenvalue weighted by atomic mass is 16.1. The number of Topliss-reactive ketones (excluding diaryl/α,β-unsaturated/α-hetero) is 1. The summed E-state index contributed by atoms with van der Waals surface area (Å²) in [5, 5.41) is 2.17. The van der Waals surface area contributed by atoms with Gasteiger partial charge in [0, 0.05) is 31.8 Å². The Morgan fingerprint density at radius 2 is 1.82 bits per heavy atom.